The van der Waals surface area contributed by atoms with Gasteiger partial charge in [0.25, 0.3) is 0 Å². The van der Waals surface area contributed by atoms with Gasteiger partial charge in [0.2, 0.25) is 6.79 Å². The first-order valence-electron chi connectivity index (χ1n) is 7.37. The summed E-state index contributed by atoms with van der Waals surface area (Å²) in [5.41, 5.74) is 4.21. The number of Topliss-reactive ketones (excluding diaryl/α,β-unsaturated/α-hetero) is 1. The third-order valence-corrected chi connectivity index (χ3v) is 3.88. The summed E-state index contributed by atoms with van der Waals surface area (Å²) in [5.74, 6) is 1.44. The number of aryl methyl sites for hydroxylation is 2. The maximum absolute atomic E-state index is 12.2. The SMILES string of the molecule is Cc1ccc(NCCC(=O)c2ccc3c(c2)OCO3)cc1C. The van der Waals surface area contributed by atoms with Crippen LogP contribution in [0.2, 0.25) is 0 Å². The molecule has 2 aromatic rings. The number of rotatable bonds is 5. The van der Waals surface area contributed by atoms with Gasteiger partial charge < -0.3 is 14.8 Å². The predicted octanol–water partition coefficient (Wildman–Crippen LogP) is 3.72. The van der Waals surface area contributed by atoms with Crippen LogP contribution in [-0.2, 0) is 0 Å². The van der Waals surface area contributed by atoms with E-state index in [1.807, 2.05) is 6.07 Å². The number of hydrogen-bond donors (Lipinski definition) is 1. The van der Waals surface area contributed by atoms with Crippen LogP contribution >= 0.6 is 0 Å². The van der Waals surface area contributed by atoms with Crippen LogP contribution in [0.3, 0.4) is 0 Å². The maximum Gasteiger partial charge on any atom is 0.231 e. The molecule has 0 unspecified atom stereocenters. The van der Waals surface area contributed by atoms with E-state index in [1.54, 1.807) is 18.2 Å². The summed E-state index contributed by atoms with van der Waals surface area (Å²) in [6.45, 7) is 5.00. The Labute approximate surface area is 130 Å². The summed E-state index contributed by atoms with van der Waals surface area (Å²) < 4.78 is 10.5. The van der Waals surface area contributed by atoms with Crippen molar-refractivity contribution in [3.8, 4) is 11.5 Å². The summed E-state index contributed by atoms with van der Waals surface area (Å²) in [6.07, 6.45) is 0.437. The number of carbonyl (C=O) groups is 1. The minimum absolute atomic E-state index is 0.0923. The van der Waals surface area contributed by atoms with Crippen LogP contribution < -0.4 is 14.8 Å². The lowest BCUT2D eigenvalue weighted by Crippen LogP contribution is -2.09. The fourth-order valence-corrected chi connectivity index (χ4v) is 2.39. The van der Waals surface area contributed by atoms with Crippen molar-refractivity contribution >= 4 is 11.5 Å². The van der Waals surface area contributed by atoms with Crippen molar-refractivity contribution in [3.05, 3.63) is 53.1 Å². The van der Waals surface area contributed by atoms with Gasteiger partial charge in [0.15, 0.2) is 17.3 Å². The van der Waals surface area contributed by atoms with E-state index < -0.39 is 0 Å². The lowest BCUT2D eigenvalue weighted by atomic mass is 10.1. The maximum atomic E-state index is 12.2. The molecule has 22 heavy (non-hydrogen) atoms. The Bertz CT molecular complexity index is 709. The number of carbonyl (C=O) groups excluding carboxylic acids is 1. The van der Waals surface area contributed by atoms with Crippen molar-refractivity contribution in [2.75, 3.05) is 18.7 Å². The molecule has 114 valence electrons. The molecule has 0 radical (unpaired) electrons. The Balaban J connectivity index is 1.57. The molecule has 0 aromatic heterocycles. The van der Waals surface area contributed by atoms with Gasteiger partial charge in [0.05, 0.1) is 0 Å². The highest BCUT2D eigenvalue weighted by atomic mass is 16.7. The second-order valence-corrected chi connectivity index (χ2v) is 5.47. The Hall–Kier alpha value is -2.49. The van der Waals surface area contributed by atoms with E-state index in [-0.39, 0.29) is 12.6 Å². The van der Waals surface area contributed by atoms with Crippen LogP contribution in [0, 0.1) is 13.8 Å². The number of anilines is 1. The van der Waals surface area contributed by atoms with E-state index in [4.69, 9.17) is 9.47 Å². The topological polar surface area (TPSA) is 47.6 Å². The predicted molar refractivity (Wildman–Crippen MR) is 85.9 cm³/mol. The Kier molecular flexibility index (Phi) is 4.00. The molecule has 1 N–H and O–H groups in total. The normalized spacial score (nSPS) is 12.3. The van der Waals surface area contributed by atoms with Crippen molar-refractivity contribution in [1.82, 2.24) is 0 Å². The summed E-state index contributed by atoms with van der Waals surface area (Å²) in [6, 6.07) is 11.5. The molecule has 0 atom stereocenters. The molecule has 0 amide bonds. The molecule has 4 nitrogen and oxygen atoms in total. The smallest absolute Gasteiger partial charge is 0.231 e. The van der Waals surface area contributed by atoms with Gasteiger partial charge >= 0.3 is 0 Å². The van der Waals surface area contributed by atoms with Crippen LogP contribution in [-0.4, -0.2) is 19.1 Å². The van der Waals surface area contributed by atoms with Crippen molar-refractivity contribution in [2.24, 2.45) is 0 Å². The second kappa shape index (κ2) is 6.10. The van der Waals surface area contributed by atoms with Crippen LogP contribution in [0.25, 0.3) is 0 Å². The van der Waals surface area contributed by atoms with Crippen molar-refractivity contribution in [2.45, 2.75) is 20.3 Å². The highest BCUT2D eigenvalue weighted by Gasteiger charge is 2.15. The highest BCUT2D eigenvalue weighted by Crippen LogP contribution is 2.32. The fourth-order valence-electron chi connectivity index (χ4n) is 2.39. The molecule has 3 rings (SSSR count). The van der Waals surface area contributed by atoms with Crippen LogP contribution in [0.4, 0.5) is 5.69 Å². The Morgan fingerprint density at radius 2 is 1.86 bits per heavy atom. The third-order valence-electron chi connectivity index (χ3n) is 3.88. The van der Waals surface area contributed by atoms with Gasteiger partial charge in [-0.3, -0.25) is 4.79 Å². The molecular formula is C18H19NO3. The average molecular weight is 297 g/mol. The van der Waals surface area contributed by atoms with Gasteiger partial charge in [-0.25, -0.2) is 0 Å². The Morgan fingerprint density at radius 3 is 2.68 bits per heavy atom. The number of fused-ring (bicyclic) bond motifs is 1. The van der Waals surface area contributed by atoms with E-state index in [2.05, 4.69) is 31.3 Å². The molecule has 1 aliphatic heterocycles. The first-order valence-corrected chi connectivity index (χ1v) is 7.37. The molecule has 0 saturated carbocycles. The number of hydrogen-bond acceptors (Lipinski definition) is 4. The molecule has 0 aliphatic carbocycles. The molecule has 0 bridgehead atoms. The highest BCUT2D eigenvalue weighted by molar-refractivity contribution is 5.97. The van der Waals surface area contributed by atoms with Crippen LogP contribution in [0.15, 0.2) is 36.4 Å². The molecular weight excluding hydrogens is 278 g/mol. The molecule has 2 aromatic carbocycles. The monoisotopic (exact) mass is 297 g/mol. The molecule has 0 spiro atoms. The summed E-state index contributed by atoms with van der Waals surface area (Å²) in [7, 11) is 0. The van der Waals surface area contributed by atoms with Crippen LogP contribution in [0.5, 0.6) is 11.5 Å². The van der Waals surface area contributed by atoms with Gasteiger partial charge in [-0.1, -0.05) is 6.07 Å². The second-order valence-electron chi connectivity index (χ2n) is 5.47. The number of nitrogens with one attached hydrogen (secondary N) is 1. The van der Waals surface area contributed by atoms with Crippen LogP contribution in [0.1, 0.15) is 27.9 Å². The number of benzene rings is 2. The first-order chi connectivity index (χ1) is 10.6. The first kappa shape index (κ1) is 14.4. The zero-order chi connectivity index (χ0) is 15.5. The van der Waals surface area contributed by atoms with Crippen molar-refractivity contribution in [1.29, 1.82) is 0 Å². The van der Waals surface area contributed by atoms with E-state index in [0.29, 0.717) is 30.0 Å². The third kappa shape index (κ3) is 3.06. The molecule has 0 saturated heterocycles. The largest absolute Gasteiger partial charge is 0.454 e. The number of ether oxygens (including phenoxy) is 2. The lowest BCUT2D eigenvalue weighted by Gasteiger charge is -2.08. The standard InChI is InChI=1S/C18H19NO3/c1-12-3-5-15(9-13(12)2)19-8-7-16(20)14-4-6-17-18(10-14)22-11-21-17/h3-6,9-10,19H,7-8,11H2,1-2H3. The van der Waals surface area contributed by atoms with E-state index in [1.165, 1.54) is 11.1 Å². The fraction of sp³-hybridized carbons (Fsp3) is 0.278. The van der Waals surface area contributed by atoms with Crippen molar-refractivity contribution < 1.29 is 14.3 Å². The minimum atomic E-state index is 0.0923. The van der Waals surface area contributed by atoms with Gasteiger partial charge in [0, 0.05) is 24.2 Å². The quantitative estimate of drug-likeness (QED) is 0.855. The molecule has 1 heterocycles. The average Bonchev–Trinajstić information content (AvgIpc) is 2.98. The van der Waals surface area contributed by atoms with Gasteiger partial charge in [0.1, 0.15) is 0 Å². The zero-order valence-corrected chi connectivity index (χ0v) is 12.8. The molecule has 4 heteroatoms. The number of ketones is 1. The zero-order valence-electron chi connectivity index (χ0n) is 12.8. The molecule has 1 aliphatic rings. The Morgan fingerprint density at radius 1 is 1.05 bits per heavy atom. The van der Waals surface area contributed by atoms with E-state index >= 15 is 0 Å². The van der Waals surface area contributed by atoms with Crippen molar-refractivity contribution in [3.63, 3.8) is 0 Å². The van der Waals surface area contributed by atoms with E-state index in [0.717, 1.165) is 5.69 Å². The minimum Gasteiger partial charge on any atom is -0.454 e. The van der Waals surface area contributed by atoms with Gasteiger partial charge in [-0.15, -0.1) is 0 Å². The summed E-state index contributed by atoms with van der Waals surface area (Å²) in [4.78, 5) is 12.2. The summed E-state index contributed by atoms with van der Waals surface area (Å²) in [5, 5.41) is 3.29. The van der Waals surface area contributed by atoms with Gasteiger partial charge in [-0.2, -0.15) is 0 Å². The van der Waals surface area contributed by atoms with E-state index in [9.17, 15) is 4.79 Å². The summed E-state index contributed by atoms with van der Waals surface area (Å²) >= 11 is 0. The molecule has 0 fully saturated rings. The van der Waals surface area contributed by atoms with Gasteiger partial charge in [-0.05, 0) is 55.3 Å². The lowest BCUT2D eigenvalue weighted by molar-refractivity contribution is 0.0986.